The van der Waals surface area contributed by atoms with E-state index in [0.717, 1.165) is 47.6 Å². The second-order valence-corrected chi connectivity index (χ2v) is 11.3. The number of aromatic nitrogens is 2. The van der Waals surface area contributed by atoms with Crippen LogP contribution in [0.25, 0.3) is 16.9 Å². The van der Waals surface area contributed by atoms with Gasteiger partial charge in [-0.3, -0.25) is 4.79 Å². The molecule has 1 amide bonds. The number of rotatable bonds is 11. The summed E-state index contributed by atoms with van der Waals surface area (Å²) >= 11 is 0. The zero-order chi connectivity index (χ0) is 32.8. The van der Waals surface area contributed by atoms with E-state index < -0.39 is 52.7 Å². The van der Waals surface area contributed by atoms with Gasteiger partial charge in [0.25, 0.3) is 22.7 Å². The SMILES string of the molecule is COC(=O)OCO/N=[N+](\[O-])N(C)[C@H](C(=O)NS(=O)(=O)c1ccc(-n2nc(C(F)(F)F)cc2-c2ccc(C)cc2)cc1)C(C)C. The lowest BCUT2D eigenvalue weighted by Crippen LogP contribution is -2.51. The number of hydrazine groups is 1. The molecule has 1 atom stereocenters. The lowest BCUT2D eigenvalue weighted by atomic mass is 10.0. The minimum atomic E-state index is -4.73. The number of halogens is 3. The van der Waals surface area contributed by atoms with E-state index in [9.17, 15) is 36.4 Å². The number of alkyl halides is 3. The number of hydrogen-bond acceptors (Lipinski definition) is 10. The zero-order valence-electron chi connectivity index (χ0n) is 24.1. The standard InChI is InChI=1S/C26H29F3N6O8S/c1-16(2)23(33(4)35(38)32-43-15-42-25(37)41-5)24(36)31-44(39,40)20-12-10-19(11-13-20)34-21(14-22(30-34)26(27,28)29)18-8-6-17(3)7-9-18/h6-14,16,23H,15H2,1-5H3,(H,31,36)/b35-32-/t23-/m0/s1. The molecule has 0 aliphatic rings. The summed E-state index contributed by atoms with van der Waals surface area (Å²) in [5.74, 6) is -1.70. The van der Waals surface area contributed by atoms with Gasteiger partial charge >= 0.3 is 12.3 Å². The minimum absolute atomic E-state index is 0.123. The summed E-state index contributed by atoms with van der Waals surface area (Å²) in [5.41, 5.74) is 0.459. The highest BCUT2D eigenvalue weighted by atomic mass is 32.2. The van der Waals surface area contributed by atoms with Crippen molar-refractivity contribution in [2.45, 2.75) is 37.9 Å². The average Bonchev–Trinajstić information content (AvgIpc) is 3.41. The number of likely N-dealkylation sites (N-methyl/N-ethyl adjacent to an activating group) is 1. The minimum Gasteiger partial charge on any atom is -0.569 e. The summed E-state index contributed by atoms with van der Waals surface area (Å²) in [6, 6.07) is 10.9. The van der Waals surface area contributed by atoms with Crippen molar-refractivity contribution >= 4 is 22.1 Å². The van der Waals surface area contributed by atoms with Gasteiger partial charge in [-0.25, -0.2) is 22.6 Å². The summed E-state index contributed by atoms with van der Waals surface area (Å²) in [4.78, 5) is 27.9. The topological polar surface area (TPSA) is 167 Å². The predicted molar refractivity (Wildman–Crippen MR) is 146 cm³/mol. The first-order valence-corrected chi connectivity index (χ1v) is 14.2. The summed E-state index contributed by atoms with van der Waals surface area (Å²) < 4.78 is 78.2. The van der Waals surface area contributed by atoms with Crippen molar-refractivity contribution in [3.05, 3.63) is 71.1 Å². The van der Waals surface area contributed by atoms with E-state index in [2.05, 4.69) is 24.7 Å². The van der Waals surface area contributed by atoms with Crippen LogP contribution in [-0.2, 0) is 35.3 Å². The van der Waals surface area contributed by atoms with Crippen molar-refractivity contribution in [2.24, 2.45) is 11.2 Å². The molecule has 0 unspecified atom stereocenters. The maximum absolute atomic E-state index is 13.5. The van der Waals surface area contributed by atoms with Crippen LogP contribution >= 0.6 is 0 Å². The number of amides is 1. The number of sulfonamides is 1. The molecule has 0 fully saturated rings. The summed E-state index contributed by atoms with van der Waals surface area (Å²) in [6.45, 7) is 4.14. The Kier molecular flexibility index (Phi) is 10.4. The Morgan fingerprint density at radius 2 is 1.75 bits per heavy atom. The molecule has 2 aromatic carbocycles. The van der Waals surface area contributed by atoms with Gasteiger partial charge in [-0.2, -0.15) is 18.3 Å². The Balaban J connectivity index is 1.83. The van der Waals surface area contributed by atoms with Gasteiger partial charge in [-0.1, -0.05) is 43.7 Å². The molecule has 0 bridgehead atoms. The van der Waals surface area contributed by atoms with Crippen molar-refractivity contribution in [2.75, 3.05) is 21.0 Å². The van der Waals surface area contributed by atoms with E-state index in [1.165, 1.54) is 12.1 Å². The van der Waals surface area contributed by atoms with Crippen LogP contribution in [0.1, 0.15) is 25.1 Å². The molecule has 1 aromatic heterocycles. The van der Waals surface area contributed by atoms with E-state index >= 15 is 0 Å². The third kappa shape index (κ3) is 8.15. The van der Waals surface area contributed by atoms with Gasteiger partial charge in [-0.05, 0) is 43.2 Å². The van der Waals surface area contributed by atoms with Crippen LogP contribution in [0.3, 0.4) is 0 Å². The highest BCUT2D eigenvalue weighted by molar-refractivity contribution is 7.90. The Morgan fingerprint density at radius 3 is 2.30 bits per heavy atom. The Labute approximate surface area is 250 Å². The van der Waals surface area contributed by atoms with Gasteiger partial charge in [0, 0.05) is 5.56 Å². The van der Waals surface area contributed by atoms with Crippen LogP contribution in [-0.4, -0.2) is 67.2 Å². The quantitative estimate of drug-likeness (QED) is 0.0800. The molecule has 18 heteroatoms. The van der Waals surface area contributed by atoms with Crippen LogP contribution in [0, 0.1) is 18.0 Å². The van der Waals surface area contributed by atoms with Crippen molar-refractivity contribution < 1.29 is 50.5 Å². The smallest absolute Gasteiger partial charge is 0.510 e. The van der Waals surface area contributed by atoms with Crippen LogP contribution in [0.15, 0.2) is 64.8 Å². The molecule has 14 nitrogen and oxygen atoms in total. The first-order valence-electron chi connectivity index (χ1n) is 12.7. The molecular formula is C26H29F3N6O8S. The second kappa shape index (κ2) is 13.6. The Hall–Kier alpha value is -4.87. The van der Waals surface area contributed by atoms with Crippen molar-refractivity contribution in [3.8, 4) is 16.9 Å². The van der Waals surface area contributed by atoms with Crippen LogP contribution in [0.2, 0.25) is 0 Å². The summed E-state index contributed by atoms with van der Waals surface area (Å²) in [7, 11) is -2.30. The van der Waals surface area contributed by atoms with Crippen LogP contribution in [0.4, 0.5) is 18.0 Å². The average molecular weight is 643 g/mol. The highest BCUT2D eigenvalue weighted by Gasteiger charge is 2.36. The van der Waals surface area contributed by atoms with Crippen molar-refractivity contribution in [3.63, 3.8) is 0 Å². The number of nitrogens with one attached hydrogen (secondary N) is 1. The molecule has 0 saturated carbocycles. The van der Waals surface area contributed by atoms with Crippen LogP contribution in [0.5, 0.6) is 0 Å². The monoisotopic (exact) mass is 642 g/mol. The van der Waals surface area contributed by atoms with Gasteiger partial charge in [0.15, 0.2) is 11.7 Å². The van der Waals surface area contributed by atoms with E-state index in [0.29, 0.717) is 5.56 Å². The number of ether oxygens (including phenoxy) is 2. The molecule has 0 spiro atoms. The number of hydrogen-bond donors (Lipinski definition) is 1. The first-order chi connectivity index (χ1) is 20.5. The highest BCUT2D eigenvalue weighted by Crippen LogP contribution is 2.33. The van der Waals surface area contributed by atoms with Crippen LogP contribution < -0.4 is 4.72 Å². The number of nitrogens with zero attached hydrogens (tertiary/aromatic N) is 5. The largest absolute Gasteiger partial charge is 0.569 e. The molecule has 44 heavy (non-hydrogen) atoms. The van der Waals surface area contributed by atoms with Gasteiger partial charge in [0.05, 0.1) is 35.4 Å². The lowest BCUT2D eigenvalue weighted by Gasteiger charge is -2.25. The Bertz CT molecular complexity index is 1610. The van der Waals surface area contributed by atoms with E-state index in [4.69, 9.17) is 0 Å². The molecule has 0 radical (unpaired) electrons. The first kappa shape index (κ1) is 33.6. The molecule has 0 aliphatic carbocycles. The van der Waals surface area contributed by atoms with Gasteiger partial charge < -0.3 is 19.5 Å². The normalized spacial score (nSPS) is 12.9. The Morgan fingerprint density at radius 1 is 1.14 bits per heavy atom. The van der Waals surface area contributed by atoms with Crippen molar-refractivity contribution in [1.29, 1.82) is 0 Å². The van der Waals surface area contributed by atoms with E-state index in [1.54, 1.807) is 38.1 Å². The lowest BCUT2D eigenvalue weighted by molar-refractivity contribution is -0.712. The summed E-state index contributed by atoms with van der Waals surface area (Å²) in [6.07, 6.45) is -5.82. The van der Waals surface area contributed by atoms with Crippen molar-refractivity contribution in [1.82, 2.24) is 19.5 Å². The maximum Gasteiger partial charge on any atom is 0.510 e. The molecule has 1 heterocycles. The fraction of sp³-hybridized carbons (Fsp3) is 0.346. The maximum atomic E-state index is 13.5. The third-order valence-electron chi connectivity index (χ3n) is 6.07. The molecule has 3 aromatic rings. The number of carbonyl (C=O) groups is 2. The number of carbonyl (C=O) groups excluding carboxylic acids is 2. The van der Waals surface area contributed by atoms with Gasteiger partial charge in [0.1, 0.15) is 0 Å². The summed E-state index contributed by atoms with van der Waals surface area (Å²) in [5, 5.41) is 19.9. The molecule has 3 rings (SSSR count). The van der Waals surface area contributed by atoms with Gasteiger partial charge in [0.2, 0.25) is 5.28 Å². The second-order valence-electron chi connectivity index (χ2n) is 9.60. The molecule has 1 N–H and O–H groups in total. The third-order valence-corrected chi connectivity index (χ3v) is 7.43. The van der Waals surface area contributed by atoms with E-state index in [1.807, 2.05) is 11.6 Å². The number of benzene rings is 2. The predicted octanol–water partition coefficient (Wildman–Crippen LogP) is 4.18. The zero-order valence-corrected chi connectivity index (χ0v) is 24.9. The molecule has 238 valence electrons. The number of methoxy groups -OCH3 is 1. The molecule has 0 aliphatic heterocycles. The molecular weight excluding hydrogens is 613 g/mol. The van der Waals surface area contributed by atoms with Gasteiger partial charge in [-0.15, -0.1) is 5.01 Å². The number of aryl methyl sites for hydroxylation is 1. The van der Waals surface area contributed by atoms with E-state index in [-0.39, 0.29) is 21.2 Å². The molecule has 0 saturated heterocycles. The fourth-order valence-corrected chi connectivity index (χ4v) is 4.94. The fourth-order valence-electron chi connectivity index (χ4n) is 3.94.